The number of rotatable bonds is 1. The first-order valence-electron chi connectivity index (χ1n) is 6.14. The summed E-state index contributed by atoms with van der Waals surface area (Å²) < 4.78 is 7.69. The molecule has 6 nitrogen and oxygen atoms in total. The Morgan fingerprint density at radius 2 is 2.28 bits per heavy atom. The normalized spacial score (nSPS) is 23.3. The molecule has 0 spiro atoms. The summed E-state index contributed by atoms with van der Waals surface area (Å²) in [4.78, 5) is 8.28. The topological polar surface area (TPSA) is 78.9 Å². The van der Waals surface area contributed by atoms with Crippen LogP contribution in [0.3, 0.4) is 0 Å². The highest BCUT2D eigenvalue weighted by atomic mass is 16.5. The van der Waals surface area contributed by atoms with Gasteiger partial charge in [-0.25, -0.2) is 14.6 Å². The van der Waals surface area contributed by atoms with Crippen molar-refractivity contribution in [3.8, 4) is 0 Å². The number of nitrogens with zero attached hydrogens (tertiary/aromatic N) is 4. The average Bonchev–Trinajstić information content (AvgIpc) is 2.73. The zero-order chi connectivity index (χ0) is 12.8. The molecule has 6 heteroatoms. The van der Waals surface area contributed by atoms with E-state index in [0.717, 1.165) is 30.5 Å². The van der Waals surface area contributed by atoms with Crippen molar-refractivity contribution >= 4 is 16.9 Å². The fourth-order valence-corrected chi connectivity index (χ4v) is 2.56. The highest BCUT2D eigenvalue weighted by Gasteiger charge is 2.31. The lowest BCUT2D eigenvalue weighted by Crippen LogP contribution is -2.35. The molecule has 2 aromatic rings. The van der Waals surface area contributed by atoms with E-state index in [4.69, 9.17) is 10.5 Å². The molecule has 18 heavy (non-hydrogen) atoms. The van der Waals surface area contributed by atoms with Gasteiger partial charge in [0.25, 0.3) is 0 Å². The van der Waals surface area contributed by atoms with Crippen molar-refractivity contribution in [1.82, 2.24) is 19.7 Å². The molecule has 0 aliphatic carbocycles. The maximum Gasteiger partial charge on any atom is 0.163 e. The Hall–Kier alpha value is -1.69. The Bertz CT molecular complexity index is 577. The molecule has 0 bridgehead atoms. The molecule has 1 aliphatic heterocycles. The van der Waals surface area contributed by atoms with E-state index in [9.17, 15) is 0 Å². The fraction of sp³-hybridized carbons (Fsp3) is 0.583. The summed E-state index contributed by atoms with van der Waals surface area (Å²) in [6, 6.07) is 0.306. The number of nitrogen functional groups attached to an aromatic ring is 1. The van der Waals surface area contributed by atoms with Crippen molar-refractivity contribution in [3.05, 3.63) is 12.5 Å². The van der Waals surface area contributed by atoms with E-state index in [1.54, 1.807) is 6.20 Å². The van der Waals surface area contributed by atoms with Gasteiger partial charge in [0.2, 0.25) is 0 Å². The summed E-state index contributed by atoms with van der Waals surface area (Å²) in [7, 11) is 0. The van der Waals surface area contributed by atoms with E-state index >= 15 is 0 Å². The van der Waals surface area contributed by atoms with Crippen molar-refractivity contribution in [3.63, 3.8) is 0 Å². The lowest BCUT2D eigenvalue weighted by atomic mass is 9.94. The van der Waals surface area contributed by atoms with Crippen LogP contribution in [-0.4, -0.2) is 32.0 Å². The number of hydrogen-bond donors (Lipinski definition) is 1. The van der Waals surface area contributed by atoms with Gasteiger partial charge < -0.3 is 10.5 Å². The molecule has 3 heterocycles. The van der Waals surface area contributed by atoms with Crippen molar-refractivity contribution in [2.75, 3.05) is 12.3 Å². The Morgan fingerprint density at radius 1 is 1.44 bits per heavy atom. The largest absolute Gasteiger partial charge is 0.383 e. The molecule has 1 atom stereocenters. The SMILES string of the molecule is CC1(C)CC(n2ncc3c(N)ncnc32)CCO1. The Balaban J connectivity index is 2.02. The third kappa shape index (κ3) is 1.82. The summed E-state index contributed by atoms with van der Waals surface area (Å²) in [5, 5.41) is 5.25. The fourth-order valence-electron chi connectivity index (χ4n) is 2.56. The minimum Gasteiger partial charge on any atom is -0.383 e. The van der Waals surface area contributed by atoms with E-state index in [-0.39, 0.29) is 5.60 Å². The van der Waals surface area contributed by atoms with Gasteiger partial charge in [0, 0.05) is 6.61 Å². The Morgan fingerprint density at radius 3 is 3.06 bits per heavy atom. The average molecular weight is 247 g/mol. The van der Waals surface area contributed by atoms with Crippen LogP contribution in [0.2, 0.25) is 0 Å². The molecule has 0 amide bonds. The highest BCUT2D eigenvalue weighted by Crippen LogP contribution is 2.33. The lowest BCUT2D eigenvalue weighted by Gasteiger charge is -2.35. The van der Waals surface area contributed by atoms with E-state index in [1.807, 2.05) is 4.68 Å². The molecule has 0 saturated carbocycles. The summed E-state index contributed by atoms with van der Waals surface area (Å²) in [6.07, 6.45) is 5.10. The maximum atomic E-state index is 5.82. The number of anilines is 1. The van der Waals surface area contributed by atoms with Crippen LogP contribution in [0.25, 0.3) is 11.0 Å². The molecule has 96 valence electrons. The first kappa shape index (κ1) is 11.4. The number of aromatic nitrogens is 4. The van der Waals surface area contributed by atoms with Gasteiger partial charge in [-0.2, -0.15) is 5.10 Å². The molecule has 1 unspecified atom stereocenters. The lowest BCUT2D eigenvalue weighted by molar-refractivity contribution is -0.0702. The maximum absolute atomic E-state index is 5.82. The number of ether oxygens (including phenoxy) is 1. The summed E-state index contributed by atoms with van der Waals surface area (Å²) in [6.45, 7) is 4.96. The van der Waals surface area contributed by atoms with Crippen LogP contribution in [0.1, 0.15) is 32.7 Å². The molecular formula is C12H17N5O. The van der Waals surface area contributed by atoms with Crippen molar-refractivity contribution in [1.29, 1.82) is 0 Å². The first-order chi connectivity index (χ1) is 8.57. The molecule has 0 radical (unpaired) electrons. The third-order valence-electron chi connectivity index (χ3n) is 3.44. The Labute approximate surface area is 105 Å². The smallest absolute Gasteiger partial charge is 0.163 e. The van der Waals surface area contributed by atoms with Crippen LogP contribution in [-0.2, 0) is 4.74 Å². The van der Waals surface area contributed by atoms with Crippen LogP contribution in [0.5, 0.6) is 0 Å². The predicted octanol–water partition coefficient (Wildman–Crippen LogP) is 1.54. The molecular weight excluding hydrogens is 230 g/mol. The van der Waals surface area contributed by atoms with Gasteiger partial charge in [0.05, 0.1) is 23.2 Å². The molecule has 3 rings (SSSR count). The zero-order valence-corrected chi connectivity index (χ0v) is 10.6. The molecule has 2 aromatic heterocycles. The first-order valence-corrected chi connectivity index (χ1v) is 6.14. The van der Waals surface area contributed by atoms with Gasteiger partial charge in [-0.05, 0) is 26.7 Å². The predicted molar refractivity (Wildman–Crippen MR) is 68.0 cm³/mol. The van der Waals surface area contributed by atoms with Gasteiger partial charge >= 0.3 is 0 Å². The van der Waals surface area contributed by atoms with Crippen LogP contribution >= 0.6 is 0 Å². The second kappa shape index (κ2) is 3.91. The summed E-state index contributed by atoms with van der Waals surface area (Å²) in [5.74, 6) is 0.484. The second-order valence-corrected chi connectivity index (χ2v) is 5.34. The minimum atomic E-state index is -0.111. The highest BCUT2D eigenvalue weighted by molar-refractivity contribution is 5.84. The number of hydrogen-bond acceptors (Lipinski definition) is 5. The van der Waals surface area contributed by atoms with Gasteiger partial charge in [0.15, 0.2) is 5.65 Å². The van der Waals surface area contributed by atoms with Crippen molar-refractivity contribution < 1.29 is 4.74 Å². The van der Waals surface area contributed by atoms with Gasteiger partial charge in [-0.15, -0.1) is 0 Å². The van der Waals surface area contributed by atoms with Crippen LogP contribution in [0, 0.1) is 0 Å². The molecule has 1 saturated heterocycles. The van der Waals surface area contributed by atoms with E-state index in [1.165, 1.54) is 6.33 Å². The summed E-state index contributed by atoms with van der Waals surface area (Å²) >= 11 is 0. The van der Waals surface area contributed by atoms with E-state index in [2.05, 4.69) is 28.9 Å². The minimum absolute atomic E-state index is 0.111. The van der Waals surface area contributed by atoms with Gasteiger partial charge in [-0.3, -0.25) is 0 Å². The van der Waals surface area contributed by atoms with E-state index in [0.29, 0.717) is 11.9 Å². The molecule has 1 fully saturated rings. The zero-order valence-electron chi connectivity index (χ0n) is 10.6. The monoisotopic (exact) mass is 247 g/mol. The van der Waals surface area contributed by atoms with Crippen LogP contribution < -0.4 is 5.73 Å². The van der Waals surface area contributed by atoms with Gasteiger partial charge in [0.1, 0.15) is 12.1 Å². The second-order valence-electron chi connectivity index (χ2n) is 5.34. The standard InChI is InChI=1S/C12H17N5O/c1-12(2)5-8(3-4-18-12)17-11-9(6-16-17)10(13)14-7-15-11/h6-8H,3-5H2,1-2H3,(H2,13,14,15). The van der Waals surface area contributed by atoms with Crippen molar-refractivity contribution in [2.45, 2.75) is 38.3 Å². The molecule has 0 aromatic carbocycles. The Kier molecular flexibility index (Phi) is 2.48. The van der Waals surface area contributed by atoms with Crippen LogP contribution in [0.4, 0.5) is 5.82 Å². The third-order valence-corrected chi connectivity index (χ3v) is 3.44. The van der Waals surface area contributed by atoms with Gasteiger partial charge in [-0.1, -0.05) is 0 Å². The quantitative estimate of drug-likeness (QED) is 0.826. The molecule has 2 N–H and O–H groups in total. The van der Waals surface area contributed by atoms with E-state index < -0.39 is 0 Å². The van der Waals surface area contributed by atoms with Crippen LogP contribution in [0.15, 0.2) is 12.5 Å². The van der Waals surface area contributed by atoms with Crippen molar-refractivity contribution in [2.24, 2.45) is 0 Å². The summed E-state index contributed by atoms with van der Waals surface area (Å²) in [5.41, 5.74) is 6.52. The number of fused-ring (bicyclic) bond motifs is 1. The molecule has 1 aliphatic rings. The number of nitrogens with two attached hydrogens (primary N) is 1.